The van der Waals surface area contributed by atoms with E-state index in [0.717, 1.165) is 0 Å². The lowest BCUT2D eigenvalue weighted by Crippen LogP contribution is -2.06. The number of rotatable bonds is 2. The van der Waals surface area contributed by atoms with Gasteiger partial charge in [-0.1, -0.05) is 29.8 Å². The van der Waals surface area contributed by atoms with E-state index < -0.39 is 11.7 Å². The Kier molecular flexibility index (Phi) is 3.01. The first-order valence-corrected chi connectivity index (χ1v) is 5.16. The third kappa shape index (κ3) is 2.09. The highest BCUT2D eigenvalue weighted by molar-refractivity contribution is 6.33. The maximum Gasteiger partial charge on any atom is 0.356 e. The van der Waals surface area contributed by atoms with E-state index in [1.807, 2.05) is 0 Å². The summed E-state index contributed by atoms with van der Waals surface area (Å²) in [5.41, 5.74) is 0.464. The van der Waals surface area contributed by atoms with E-state index >= 15 is 0 Å². The molecule has 0 saturated carbocycles. The van der Waals surface area contributed by atoms with Crippen LogP contribution in [-0.4, -0.2) is 23.0 Å². The van der Waals surface area contributed by atoms with Crippen LogP contribution in [0, 0.1) is 0 Å². The van der Waals surface area contributed by atoms with Gasteiger partial charge in [0.25, 0.3) is 0 Å². The number of ether oxygens (including phenoxy) is 1. The number of hydrogen-bond donors (Lipinski definition) is 2. The molecule has 0 aliphatic carbocycles. The number of methoxy groups -OCH3 is 1. The number of imidazole rings is 1. The molecule has 1 aromatic carbocycles. The van der Waals surface area contributed by atoms with Crippen LogP contribution < -0.4 is 5.69 Å². The largest absolute Gasteiger partial charge is 0.464 e. The van der Waals surface area contributed by atoms with E-state index in [9.17, 15) is 9.59 Å². The zero-order valence-corrected chi connectivity index (χ0v) is 9.67. The number of benzene rings is 1. The molecule has 0 saturated heterocycles. The summed E-state index contributed by atoms with van der Waals surface area (Å²) in [6.45, 7) is 0. The summed E-state index contributed by atoms with van der Waals surface area (Å²) in [6.07, 6.45) is 0. The van der Waals surface area contributed by atoms with Crippen LogP contribution in [-0.2, 0) is 4.74 Å². The van der Waals surface area contributed by atoms with Gasteiger partial charge in [-0.3, -0.25) is 4.98 Å². The Bertz CT molecular complexity index is 615. The van der Waals surface area contributed by atoms with Crippen molar-refractivity contribution < 1.29 is 9.53 Å². The second-order valence-corrected chi connectivity index (χ2v) is 3.71. The van der Waals surface area contributed by atoms with Crippen molar-refractivity contribution in [1.82, 2.24) is 9.97 Å². The van der Waals surface area contributed by atoms with Gasteiger partial charge in [0.05, 0.1) is 12.8 Å². The molecule has 0 fully saturated rings. The van der Waals surface area contributed by atoms with E-state index in [2.05, 4.69) is 14.7 Å². The summed E-state index contributed by atoms with van der Waals surface area (Å²) < 4.78 is 4.58. The van der Waals surface area contributed by atoms with Crippen LogP contribution in [0.4, 0.5) is 0 Å². The number of carbonyl (C=O) groups excluding carboxylic acids is 1. The number of aromatic amines is 2. The Hall–Kier alpha value is -2.01. The van der Waals surface area contributed by atoms with Crippen molar-refractivity contribution in [3.8, 4) is 11.3 Å². The van der Waals surface area contributed by atoms with Crippen LogP contribution in [0.1, 0.15) is 10.5 Å². The molecular formula is C11H9ClN2O3. The van der Waals surface area contributed by atoms with Gasteiger partial charge in [-0.15, -0.1) is 0 Å². The fraction of sp³-hybridized carbons (Fsp3) is 0.0909. The van der Waals surface area contributed by atoms with Gasteiger partial charge in [-0.2, -0.15) is 0 Å². The van der Waals surface area contributed by atoms with E-state index in [1.54, 1.807) is 24.3 Å². The maximum atomic E-state index is 11.5. The van der Waals surface area contributed by atoms with Gasteiger partial charge in [-0.05, 0) is 6.07 Å². The molecule has 0 spiro atoms. The highest BCUT2D eigenvalue weighted by atomic mass is 35.5. The Morgan fingerprint density at radius 3 is 2.65 bits per heavy atom. The number of H-pyrrole nitrogens is 2. The quantitative estimate of drug-likeness (QED) is 0.801. The first kappa shape index (κ1) is 11.5. The SMILES string of the molecule is COC(=O)c1[nH]c(=O)[nH]c1-c1ccccc1Cl. The topological polar surface area (TPSA) is 75.0 Å². The Balaban J connectivity index is 2.64. The van der Waals surface area contributed by atoms with E-state index in [0.29, 0.717) is 16.3 Å². The van der Waals surface area contributed by atoms with Crippen molar-refractivity contribution in [3.63, 3.8) is 0 Å². The molecule has 88 valence electrons. The molecule has 0 aliphatic heterocycles. The Morgan fingerprint density at radius 2 is 2.00 bits per heavy atom. The second-order valence-electron chi connectivity index (χ2n) is 3.30. The molecule has 0 unspecified atom stereocenters. The average molecular weight is 253 g/mol. The minimum absolute atomic E-state index is 0.0607. The lowest BCUT2D eigenvalue weighted by atomic mass is 10.1. The van der Waals surface area contributed by atoms with Crippen LogP contribution in [0.5, 0.6) is 0 Å². The number of carbonyl (C=O) groups is 1. The van der Waals surface area contributed by atoms with Crippen LogP contribution >= 0.6 is 11.6 Å². The minimum Gasteiger partial charge on any atom is -0.464 e. The molecule has 0 radical (unpaired) electrons. The smallest absolute Gasteiger partial charge is 0.356 e. The summed E-state index contributed by atoms with van der Waals surface area (Å²) in [5, 5.41) is 0.438. The molecule has 2 rings (SSSR count). The summed E-state index contributed by atoms with van der Waals surface area (Å²) in [6, 6.07) is 6.89. The van der Waals surface area contributed by atoms with Crippen molar-refractivity contribution in [2.45, 2.75) is 0 Å². The van der Waals surface area contributed by atoms with E-state index in [1.165, 1.54) is 7.11 Å². The van der Waals surface area contributed by atoms with Gasteiger partial charge in [0.1, 0.15) is 0 Å². The first-order chi connectivity index (χ1) is 8.13. The van der Waals surface area contributed by atoms with Crippen LogP contribution in [0.15, 0.2) is 29.1 Å². The van der Waals surface area contributed by atoms with Gasteiger partial charge in [0.2, 0.25) is 0 Å². The zero-order valence-electron chi connectivity index (χ0n) is 8.91. The average Bonchev–Trinajstić information content (AvgIpc) is 2.71. The van der Waals surface area contributed by atoms with Crippen molar-refractivity contribution in [3.05, 3.63) is 45.5 Å². The van der Waals surface area contributed by atoms with Gasteiger partial charge < -0.3 is 9.72 Å². The number of hydrogen-bond acceptors (Lipinski definition) is 3. The van der Waals surface area contributed by atoms with Gasteiger partial charge in [0.15, 0.2) is 5.69 Å². The van der Waals surface area contributed by atoms with Crippen LogP contribution in [0.3, 0.4) is 0 Å². The van der Waals surface area contributed by atoms with Crippen molar-refractivity contribution in [2.24, 2.45) is 0 Å². The zero-order chi connectivity index (χ0) is 12.4. The maximum absolute atomic E-state index is 11.5. The molecule has 1 heterocycles. The number of aromatic nitrogens is 2. The van der Waals surface area contributed by atoms with Crippen molar-refractivity contribution in [1.29, 1.82) is 0 Å². The normalized spacial score (nSPS) is 10.2. The third-order valence-electron chi connectivity index (χ3n) is 2.26. The lowest BCUT2D eigenvalue weighted by molar-refractivity contribution is 0.0595. The van der Waals surface area contributed by atoms with E-state index in [-0.39, 0.29) is 5.69 Å². The summed E-state index contributed by atoms with van der Waals surface area (Å²) in [4.78, 5) is 27.6. The minimum atomic E-state index is -0.627. The predicted molar refractivity (Wildman–Crippen MR) is 63.2 cm³/mol. The number of halogens is 1. The molecule has 0 amide bonds. The van der Waals surface area contributed by atoms with Gasteiger partial charge in [-0.25, -0.2) is 9.59 Å². The molecule has 2 N–H and O–H groups in total. The molecule has 1 aromatic heterocycles. The molecule has 6 heteroatoms. The standard InChI is InChI=1S/C11H9ClN2O3/c1-17-10(15)9-8(13-11(16)14-9)6-4-2-3-5-7(6)12/h2-5H,1H3,(H2,13,14,16). The molecular weight excluding hydrogens is 244 g/mol. The Morgan fingerprint density at radius 1 is 1.29 bits per heavy atom. The van der Waals surface area contributed by atoms with Gasteiger partial charge in [0, 0.05) is 10.6 Å². The first-order valence-electron chi connectivity index (χ1n) is 4.79. The molecule has 0 aliphatic rings. The van der Waals surface area contributed by atoms with Gasteiger partial charge >= 0.3 is 11.7 Å². The van der Waals surface area contributed by atoms with Crippen LogP contribution in [0.25, 0.3) is 11.3 Å². The second kappa shape index (κ2) is 4.47. The lowest BCUT2D eigenvalue weighted by Gasteiger charge is -2.03. The highest BCUT2D eigenvalue weighted by Crippen LogP contribution is 2.27. The molecule has 5 nitrogen and oxygen atoms in total. The molecule has 0 atom stereocenters. The fourth-order valence-electron chi connectivity index (χ4n) is 1.50. The fourth-order valence-corrected chi connectivity index (χ4v) is 1.73. The molecule has 0 bridgehead atoms. The van der Waals surface area contributed by atoms with Crippen molar-refractivity contribution >= 4 is 17.6 Å². The van der Waals surface area contributed by atoms with E-state index in [4.69, 9.17) is 11.6 Å². The molecule has 2 aromatic rings. The number of nitrogens with one attached hydrogen (secondary N) is 2. The predicted octanol–water partition coefficient (Wildman–Crippen LogP) is 1.81. The third-order valence-corrected chi connectivity index (χ3v) is 2.59. The van der Waals surface area contributed by atoms with Crippen molar-refractivity contribution in [2.75, 3.05) is 7.11 Å². The van der Waals surface area contributed by atoms with Crippen LogP contribution in [0.2, 0.25) is 5.02 Å². The summed E-state index contributed by atoms with van der Waals surface area (Å²) in [7, 11) is 1.24. The highest BCUT2D eigenvalue weighted by Gasteiger charge is 2.18. The summed E-state index contributed by atoms with van der Waals surface area (Å²) >= 11 is 6.00. The number of esters is 1. The molecule has 17 heavy (non-hydrogen) atoms. The Labute approximate surface area is 101 Å². The summed E-state index contributed by atoms with van der Waals surface area (Å²) in [5.74, 6) is -0.627. The monoisotopic (exact) mass is 252 g/mol.